The zero-order valence-electron chi connectivity index (χ0n) is 15.0. The van der Waals surface area contributed by atoms with Gasteiger partial charge < -0.3 is 15.5 Å². The van der Waals surface area contributed by atoms with Crippen molar-refractivity contribution in [2.75, 3.05) is 19.4 Å². The maximum atomic E-state index is 12.4. The Morgan fingerprint density at radius 1 is 1.00 bits per heavy atom. The molecule has 5 nitrogen and oxygen atoms in total. The molecule has 0 aliphatic carbocycles. The predicted molar refractivity (Wildman–Crippen MR) is 101 cm³/mol. The average molecular weight is 339 g/mol. The summed E-state index contributed by atoms with van der Waals surface area (Å²) in [6.07, 6.45) is 1.27. The number of carbonyl (C=O) groups is 2. The van der Waals surface area contributed by atoms with Crippen LogP contribution < -0.4 is 10.6 Å². The average Bonchev–Trinajstić information content (AvgIpc) is 2.61. The van der Waals surface area contributed by atoms with Crippen LogP contribution in [-0.2, 0) is 17.6 Å². The van der Waals surface area contributed by atoms with E-state index in [2.05, 4.69) is 10.6 Å². The van der Waals surface area contributed by atoms with E-state index in [1.807, 2.05) is 61.5 Å². The van der Waals surface area contributed by atoms with E-state index in [9.17, 15) is 9.59 Å². The number of hydrogen-bond donors (Lipinski definition) is 2. The zero-order chi connectivity index (χ0) is 18.2. The van der Waals surface area contributed by atoms with Gasteiger partial charge in [-0.15, -0.1) is 0 Å². The molecule has 0 spiro atoms. The summed E-state index contributed by atoms with van der Waals surface area (Å²) in [4.78, 5) is 26.4. The molecule has 0 bridgehead atoms. The summed E-state index contributed by atoms with van der Waals surface area (Å²) in [6.45, 7) is 2.03. The first-order chi connectivity index (χ1) is 12.0. The highest BCUT2D eigenvalue weighted by Gasteiger charge is 2.23. The fourth-order valence-electron chi connectivity index (χ4n) is 2.63. The molecule has 2 aromatic carbocycles. The highest BCUT2D eigenvalue weighted by Crippen LogP contribution is 2.15. The lowest BCUT2D eigenvalue weighted by molar-refractivity contribution is -0.130. The van der Waals surface area contributed by atoms with Crippen LogP contribution in [0.5, 0.6) is 0 Å². The maximum absolute atomic E-state index is 12.4. The molecule has 25 heavy (non-hydrogen) atoms. The number of rotatable bonds is 6. The van der Waals surface area contributed by atoms with Gasteiger partial charge in [-0.05, 0) is 23.6 Å². The Morgan fingerprint density at radius 2 is 1.64 bits per heavy atom. The lowest BCUT2D eigenvalue weighted by Gasteiger charge is -2.22. The number of nitrogens with one attached hydrogen (secondary N) is 2. The highest BCUT2D eigenvalue weighted by atomic mass is 16.2. The minimum atomic E-state index is -0.619. The van der Waals surface area contributed by atoms with Crippen molar-refractivity contribution in [1.82, 2.24) is 10.2 Å². The summed E-state index contributed by atoms with van der Waals surface area (Å²) in [7, 11) is 3.37. The molecule has 0 aliphatic rings. The van der Waals surface area contributed by atoms with Crippen molar-refractivity contribution in [3.63, 3.8) is 0 Å². The lowest BCUT2D eigenvalue weighted by Crippen LogP contribution is -2.48. The van der Waals surface area contributed by atoms with Crippen molar-refractivity contribution < 1.29 is 9.59 Å². The van der Waals surface area contributed by atoms with Crippen LogP contribution in [0.15, 0.2) is 54.6 Å². The quantitative estimate of drug-likeness (QED) is 0.850. The van der Waals surface area contributed by atoms with Gasteiger partial charge in [-0.1, -0.05) is 55.5 Å². The zero-order valence-corrected chi connectivity index (χ0v) is 15.0. The molecule has 132 valence electrons. The first kappa shape index (κ1) is 18.5. The van der Waals surface area contributed by atoms with Gasteiger partial charge >= 0.3 is 6.03 Å². The largest absolute Gasteiger partial charge is 0.347 e. The molecule has 2 aromatic rings. The van der Waals surface area contributed by atoms with Gasteiger partial charge in [-0.3, -0.25) is 4.79 Å². The Balaban J connectivity index is 2.10. The topological polar surface area (TPSA) is 61.4 Å². The Bertz CT molecular complexity index is 714. The number of anilines is 1. The second-order valence-corrected chi connectivity index (χ2v) is 6.08. The monoisotopic (exact) mass is 339 g/mol. The summed E-state index contributed by atoms with van der Waals surface area (Å²) >= 11 is 0. The van der Waals surface area contributed by atoms with E-state index in [-0.39, 0.29) is 11.9 Å². The first-order valence-electron chi connectivity index (χ1n) is 8.41. The number of urea groups is 1. The van der Waals surface area contributed by atoms with Crippen LogP contribution in [0.2, 0.25) is 0 Å². The molecular weight excluding hydrogens is 314 g/mol. The van der Waals surface area contributed by atoms with E-state index in [0.29, 0.717) is 6.42 Å². The van der Waals surface area contributed by atoms with Crippen molar-refractivity contribution in [2.45, 2.75) is 25.8 Å². The van der Waals surface area contributed by atoms with Crippen molar-refractivity contribution in [2.24, 2.45) is 0 Å². The molecule has 0 aromatic heterocycles. The molecular formula is C20H25N3O2. The molecule has 0 aliphatic heterocycles. The van der Waals surface area contributed by atoms with E-state index in [1.54, 1.807) is 14.1 Å². The number of hydrogen-bond acceptors (Lipinski definition) is 2. The van der Waals surface area contributed by atoms with E-state index in [0.717, 1.165) is 23.2 Å². The Morgan fingerprint density at radius 3 is 2.28 bits per heavy atom. The van der Waals surface area contributed by atoms with Crippen LogP contribution in [0.3, 0.4) is 0 Å². The van der Waals surface area contributed by atoms with Crippen LogP contribution in [0.25, 0.3) is 0 Å². The summed E-state index contributed by atoms with van der Waals surface area (Å²) < 4.78 is 0. The third kappa shape index (κ3) is 5.35. The SMILES string of the molecule is CCc1ccccc1NC(=O)N[C@@H](Cc1ccccc1)C(=O)N(C)C. The number of aryl methyl sites for hydroxylation is 1. The van der Waals surface area contributed by atoms with E-state index in [4.69, 9.17) is 0 Å². The fourth-order valence-corrected chi connectivity index (χ4v) is 2.63. The van der Waals surface area contributed by atoms with Gasteiger partial charge in [0.15, 0.2) is 0 Å². The van der Waals surface area contributed by atoms with Gasteiger partial charge in [0.05, 0.1) is 0 Å². The van der Waals surface area contributed by atoms with Crippen molar-refractivity contribution in [1.29, 1.82) is 0 Å². The standard InChI is InChI=1S/C20H25N3O2/c1-4-16-12-8-9-13-17(16)21-20(25)22-18(19(24)23(2)3)14-15-10-6-5-7-11-15/h5-13,18H,4,14H2,1-3H3,(H2,21,22,25)/t18-/m0/s1. The summed E-state index contributed by atoms with van der Waals surface area (Å²) in [6, 6.07) is 16.3. The van der Waals surface area contributed by atoms with Crippen LogP contribution >= 0.6 is 0 Å². The third-order valence-electron chi connectivity index (χ3n) is 3.97. The minimum absolute atomic E-state index is 0.136. The third-order valence-corrected chi connectivity index (χ3v) is 3.97. The lowest BCUT2D eigenvalue weighted by atomic mass is 10.1. The van der Waals surface area contributed by atoms with Gasteiger partial charge in [0, 0.05) is 26.2 Å². The second kappa shape index (κ2) is 8.87. The predicted octanol–water partition coefficient (Wildman–Crippen LogP) is 3.07. The van der Waals surface area contributed by atoms with Gasteiger partial charge in [0.1, 0.15) is 6.04 Å². The Labute approximate surface area is 149 Å². The van der Waals surface area contributed by atoms with Crippen LogP contribution in [0, 0.1) is 0 Å². The number of likely N-dealkylation sites (N-methyl/N-ethyl adjacent to an activating group) is 1. The fraction of sp³-hybridized carbons (Fsp3) is 0.300. The number of nitrogens with zero attached hydrogens (tertiary/aromatic N) is 1. The van der Waals surface area contributed by atoms with Crippen LogP contribution in [0.4, 0.5) is 10.5 Å². The van der Waals surface area contributed by atoms with Crippen molar-refractivity contribution >= 4 is 17.6 Å². The molecule has 0 unspecified atom stereocenters. The summed E-state index contributed by atoms with van der Waals surface area (Å²) in [5, 5.41) is 5.66. The van der Waals surface area contributed by atoms with E-state index in [1.165, 1.54) is 4.90 Å². The van der Waals surface area contributed by atoms with Gasteiger partial charge in [-0.2, -0.15) is 0 Å². The molecule has 0 saturated heterocycles. The first-order valence-corrected chi connectivity index (χ1v) is 8.41. The molecule has 3 amide bonds. The van der Waals surface area contributed by atoms with Crippen LogP contribution in [-0.4, -0.2) is 37.0 Å². The van der Waals surface area contributed by atoms with Crippen molar-refractivity contribution in [3.8, 4) is 0 Å². The number of carbonyl (C=O) groups excluding carboxylic acids is 2. The molecule has 0 fully saturated rings. The highest BCUT2D eigenvalue weighted by molar-refractivity contribution is 5.94. The van der Waals surface area contributed by atoms with Crippen LogP contribution in [0.1, 0.15) is 18.1 Å². The summed E-state index contributed by atoms with van der Waals surface area (Å²) in [5.74, 6) is -0.136. The van der Waals surface area contributed by atoms with Gasteiger partial charge in [-0.25, -0.2) is 4.79 Å². The molecule has 0 heterocycles. The molecule has 0 saturated carbocycles. The van der Waals surface area contributed by atoms with E-state index < -0.39 is 6.04 Å². The van der Waals surface area contributed by atoms with Gasteiger partial charge in [0.2, 0.25) is 5.91 Å². The molecule has 2 N–H and O–H groups in total. The molecule has 5 heteroatoms. The summed E-state index contributed by atoms with van der Waals surface area (Å²) in [5.41, 5.74) is 2.81. The maximum Gasteiger partial charge on any atom is 0.319 e. The van der Waals surface area contributed by atoms with Gasteiger partial charge in [0.25, 0.3) is 0 Å². The Kier molecular flexibility index (Phi) is 6.57. The number of benzene rings is 2. The van der Waals surface area contributed by atoms with E-state index >= 15 is 0 Å². The molecule has 1 atom stereocenters. The smallest absolute Gasteiger partial charge is 0.319 e. The molecule has 0 radical (unpaired) electrons. The minimum Gasteiger partial charge on any atom is -0.347 e. The Hall–Kier alpha value is -2.82. The van der Waals surface area contributed by atoms with Crippen molar-refractivity contribution in [3.05, 3.63) is 65.7 Å². The number of amides is 3. The second-order valence-electron chi connectivity index (χ2n) is 6.08. The molecule has 2 rings (SSSR count). The normalized spacial score (nSPS) is 11.5. The number of para-hydroxylation sites is 1.